The van der Waals surface area contributed by atoms with Gasteiger partial charge in [-0.05, 0) is 44.4 Å². The van der Waals surface area contributed by atoms with Gasteiger partial charge in [-0.1, -0.05) is 33.1 Å². The van der Waals surface area contributed by atoms with E-state index in [1.165, 1.54) is 19.3 Å². The van der Waals surface area contributed by atoms with E-state index in [1.54, 1.807) is 0 Å². The molecule has 0 amide bonds. The first-order chi connectivity index (χ1) is 8.39. The molecule has 3 nitrogen and oxygen atoms in total. The summed E-state index contributed by atoms with van der Waals surface area (Å²) in [6.07, 6.45) is 7.85. The molecule has 18 heavy (non-hydrogen) atoms. The van der Waals surface area contributed by atoms with Crippen molar-refractivity contribution in [3.8, 4) is 0 Å². The monoisotopic (exact) mass is 275 g/mol. The lowest BCUT2D eigenvalue weighted by Gasteiger charge is -2.23. The van der Waals surface area contributed by atoms with Crippen LogP contribution in [0.15, 0.2) is 0 Å². The van der Waals surface area contributed by atoms with Gasteiger partial charge in [-0.15, -0.1) is 0 Å². The fourth-order valence-electron chi connectivity index (χ4n) is 2.66. The van der Waals surface area contributed by atoms with E-state index in [9.17, 15) is 8.42 Å². The zero-order valence-corrected chi connectivity index (χ0v) is 12.9. The molecular formula is C14H29NO2S. The molecule has 0 spiro atoms. The molecule has 0 aromatic carbocycles. The Balaban J connectivity index is 2.33. The summed E-state index contributed by atoms with van der Waals surface area (Å²) in [5.41, 5.74) is 0. The average Bonchev–Trinajstić information content (AvgIpc) is 2.26. The maximum atomic E-state index is 12.0. The first-order valence-electron chi connectivity index (χ1n) is 7.39. The molecule has 1 aliphatic rings. The van der Waals surface area contributed by atoms with Gasteiger partial charge in [0.15, 0.2) is 0 Å². The maximum absolute atomic E-state index is 12.0. The quantitative estimate of drug-likeness (QED) is 0.775. The van der Waals surface area contributed by atoms with Gasteiger partial charge in [0.1, 0.15) is 0 Å². The van der Waals surface area contributed by atoms with Crippen LogP contribution in [0, 0.1) is 11.8 Å². The van der Waals surface area contributed by atoms with E-state index in [0.29, 0.717) is 17.6 Å². The predicted molar refractivity (Wildman–Crippen MR) is 77.0 cm³/mol. The lowest BCUT2D eigenvalue weighted by molar-refractivity contribution is 0.382. The predicted octanol–water partition coefficient (Wildman–Crippen LogP) is 3.31. The van der Waals surface area contributed by atoms with E-state index in [4.69, 9.17) is 0 Å². The van der Waals surface area contributed by atoms with Gasteiger partial charge in [0.2, 0.25) is 10.0 Å². The van der Waals surface area contributed by atoms with Gasteiger partial charge in [0.25, 0.3) is 0 Å². The molecule has 0 unspecified atom stereocenters. The molecule has 0 aliphatic heterocycles. The van der Waals surface area contributed by atoms with Crippen LogP contribution < -0.4 is 4.72 Å². The number of hydrogen-bond acceptors (Lipinski definition) is 2. The van der Waals surface area contributed by atoms with Gasteiger partial charge in [0, 0.05) is 6.04 Å². The standard InChI is InChI=1S/C14H29NO2S/c1-12(2)9-10-13(3)15-18(16,17)11-14-7-5-4-6-8-14/h12-15H,4-11H2,1-3H3/t13-/m0/s1. The third kappa shape index (κ3) is 6.74. The molecule has 0 bridgehead atoms. The Morgan fingerprint density at radius 3 is 2.22 bits per heavy atom. The van der Waals surface area contributed by atoms with Gasteiger partial charge in [-0.3, -0.25) is 0 Å². The molecule has 0 radical (unpaired) electrons. The zero-order valence-electron chi connectivity index (χ0n) is 12.1. The molecule has 0 aromatic rings. The van der Waals surface area contributed by atoms with Gasteiger partial charge in [-0.25, -0.2) is 13.1 Å². The Bertz CT molecular complexity index is 319. The minimum Gasteiger partial charge on any atom is -0.212 e. The van der Waals surface area contributed by atoms with Crippen LogP contribution in [-0.4, -0.2) is 20.2 Å². The van der Waals surface area contributed by atoms with Gasteiger partial charge in [-0.2, -0.15) is 0 Å². The summed E-state index contributed by atoms with van der Waals surface area (Å²) in [6, 6.07) is 0.0704. The van der Waals surface area contributed by atoms with Crippen LogP contribution in [0.4, 0.5) is 0 Å². The van der Waals surface area contributed by atoms with Crippen LogP contribution in [0.5, 0.6) is 0 Å². The van der Waals surface area contributed by atoms with E-state index in [0.717, 1.165) is 25.7 Å². The molecule has 1 N–H and O–H groups in total. The maximum Gasteiger partial charge on any atom is 0.212 e. The smallest absolute Gasteiger partial charge is 0.212 e. The van der Waals surface area contributed by atoms with E-state index in [2.05, 4.69) is 18.6 Å². The summed E-state index contributed by atoms with van der Waals surface area (Å²) in [4.78, 5) is 0. The van der Waals surface area contributed by atoms with Gasteiger partial charge < -0.3 is 0 Å². The fraction of sp³-hybridized carbons (Fsp3) is 1.00. The second-order valence-electron chi connectivity index (χ2n) is 6.28. The number of hydrogen-bond donors (Lipinski definition) is 1. The Morgan fingerprint density at radius 1 is 1.06 bits per heavy atom. The number of nitrogens with one attached hydrogen (secondary N) is 1. The van der Waals surface area contributed by atoms with Crippen LogP contribution in [0.2, 0.25) is 0 Å². The molecule has 0 saturated heterocycles. The molecule has 1 aliphatic carbocycles. The molecule has 1 fully saturated rings. The molecule has 108 valence electrons. The van der Waals surface area contributed by atoms with Crippen molar-refractivity contribution in [2.75, 3.05) is 5.75 Å². The van der Waals surface area contributed by atoms with Crippen molar-refractivity contribution in [3.63, 3.8) is 0 Å². The van der Waals surface area contributed by atoms with Crippen molar-refractivity contribution >= 4 is 10.0 Å². The Kier molecular flexibility index (Phi) is 6.64. The highest BCUT2D eigenvalue weighted by Crippen LogP contribution is 2.24. The lowest BCUT2D eigenvalue weighted by Crippen LogP contribution is -2.36. The third-order valence-corrected chi connectivity index (χ3v) is 5.41. The second kappa shape index (κ2) is 7.49. The Hall–Kier alpha value is -0.0900. The molecule has 1 atom stereocenters. The van der Waals surface area contributed by atoms with Gasteiger partial charge >= 0.3 is 0 Å². The topological polar surface area (TPSA) is 46.2 Å². The molecular weight excluding hydrogens is 246 g/mol. The van der Waals surface area contributed by atoms with Crippen LogP contribution in [-0.2, 0) is 10.0 Å². The summed E-state index contributed by atoms with van der Waals surface area (Å²) in [5.74, 6) is 1.35. The SMILES string of the molecule is CC(C)CC[C@H](C)NS(=O)(=O)CC1CCCCC1. The van der Waals surface area contributed by atoms with Gasteiger partial charge in [0.05, 0.1) is 5.75 Å². The van der Waals surface area contributed by atoms with Crippen molar-refractivity contribution in [3.05, 3.63) is 0 Å². The summed E-state index contributed by atoms with van der Waals surface area (Å²) in [7, 11) is -3.08. The van der Waals surface area contributed by atoms with Crippen molar-refractivity contribution in [2.24, 2.45) is 11.8 Å². The van der Waals surface area contributed by atoms with Crippen molar-refractivity contribution in [2.45, 2.75) is 71.8 Å². The minimum atomic E-state index is -3.08. The van der Waals surface area contributed by atoms with E-state index in [-0.39, 0.29) is 6.04 Å². The largest absolute Gasteiger partial charge is 0.212 e. The highest BCUT2D eigenvalue weighted by molar-refractivity contribution is 7.89. The van der Waals surface area contributed by atoms with Crippen LogP contribution in [0.25, 0.3) is 0 Å². The molecule has 4 heteroatoms. The summed E-state index contributed by atoms with van der Waals surface area (Å²) in [5, 5.41) is 0. The summed E-state index contributed by atoms with van der Waals surface area (Å²) < 4.78 is 26.9. The summed E-state index contributed by atoms with van der Waals surface area (Å²) in [6.45, 7) is 6.31. The molecule has 1 saturated carbocycles. The summed E-state index contributed by atoms with van der Waals surface area (Å²) >= 11 is 0. The van der Waals surface area contributed by atoms with Crippen molar-refractivity contribution in [1.29, 1.82) is 0 Å². The first-order valence-corrected chi connectivity index (χ1v) is 9.04. The zero-order chi connectivity index (χ0) is 13.6. The fourth-order valence-corrected chi connectivity index (χ4v) is 4.44. The molecule has 1 rings (SSSR count). The van der Waals surface area contributed by atoms with E-state index in [1.807, 2.05) is 6.92 Å². The molecule has 0 aromatic heterocycles. The van der Waals surface area contributed by atoms with E-state index >= 15 is 0 Å². The van der Waals surface area contributed by atoms with Crippen molar-refractivity contribution < 1.29 is 8.42 Å². The highest BCUT2D eigenvalue weighted by atomic mass is 32.2. The van der Waals surface area contributed by atoms with Crippen LogP contribution in [0.3, 0.4) is 0 Å². The third-order valence-electron chi connectivity index (χ3n) is 3.74. The lowest BCUT2D eigenvalue weighted by atomic mass is 9.91. The Labute approximate surface area is 113 Å². The number of rotatable bonds is 7. The van der Waals surface area contributed by atoms with Crippen LogP contribution >= 0.6 is 0 Å². The second-order valence-corrected chi connectivity index (χ2v) is 8.07. The van der Waals surface area contributed by atoms with Crippen LogP contribution in [0.1, 0.15) is 65.7 Å². The van der Waals surface area contributed by atoms with Crippen molar-refractivity contribution in [1.82, 2.24) is 4.72 Å². The minimum absolute atomic E-state index is 0.0704. The Morgan fingerprint density at radius 2 is 1.67 bits per heavy atom. The van der Waals surface area contributed by atoms with E-state index < -0.39 is 10.0 Å². The first kappa shape index (κ1) is 16.0. The average molecular weight is 275 g/mol. The molecule has 0 heterocycles. The highest BCUT2D eigenvalue weighted by Gasteiger charge is 2.22. The number of sulfonamides is 1. The normalized spacial score (nSPS) is 20.2.